The second-order valence-corrected chi connectivity index (χ2v) is 4.19. The van der Waals surface area contributed by atoms with Crippen LogP contribution in [0.15, 0.2) is 24.5 Å². The highest BCUT2D eigenvalue weighted by molar-refractivity contribution is 5.10. The van der Waals surface area contributed by atoms with E-state index < -0.39 is 6.17 Å². The first-order valence-electron chi connectivity index (χ1n) is 5.60. The molecular weight excluding hydrogens is 191 g/mol. The first kappa shape index (κ1) is 10.6. The maximum Gasteiger partial charge on any atom is 0.108 e. The van der Waals surface area contributed by atoms with Gasteiger partial charge in [-0.15, -0.1) is 0 Å². The number of hydrogen-bond acceptors (Lipinski definition) is 2. The lowest BCUT2D eigenvalue weighted by molar-refractivity contribution is 0.191. The smallest absolute Gasteiger partial charge is 0.108 e. The highest BCUT2D eigenvalue weighted by Crippen LogP contribution is 2.20. The molecule has 0 bridgehead atoms. The Bertz CT molecular complexity index is 283. The van der Waals surface area contributed by atoms with E-state index in [1.807, 2.05) is 12.1 Å². The van der Waals surface area contributed by atoms with E-state index in [2.05, 4.69) is 10.3 Å². The van der Waals surface area contributed by atoms with Crippen molar-refractivity contribution in [3.8, 4) is 0 Å². The molecule has 2 nitrogen and oxygen atoms in total. The third kappa shape index (κ3) is 2.99. The molecule has 0 spiro atoms. The molecule has 2 heterocycles. The van der Waals surface area contributed by atoms with E-state index in [1.165, 1.54) is 0 Å². The van der Waals surface area contributed by atoms with Gasteiger partial charge in [-0.2, -0.15) is 0 Å². The number of nitrogens with zero attached hydrogens (tertiary/aromatic N) is 1. The zero-order valence-corrected chi connectivity index (χ0v) is 8.82. The molecule has 1 N–H and O–H groups in total. The Kier molecular flexibility index (Phi) is 3.67. The number of pyridine rings is 1. The molecule has 1 aliphatic heterocycles. The van der Waals surface area contributed by atoms with Gasteiger partial charge in [0.1, 0.15) is 6.17 Å². The lowest BCUT2D eigenvalue weighted by Crippen LogP contribution is -2.35. The van der Waals surface area contributed by atoms with Crippen molar-refractivity contribution in [1.29, 1.82) is 0 Å². The van der Waals surface area contributed by atoms with Crippen molar-refractivity contribution in [2.75, 3.05) is 13.1 Å². The third-order valence-electron chi connectivity index (χ3n) is 3.00. The monoisotopic (exact) mass is 208 g/mol. The Morgan fingerprint density at radius 2 is 2.53 bits per heavy atom. The molecule has 1 aliphatic rings. The summed E-state index contributed by atoms with van der Waals surface area (Å²) in [5.74, 6) is 0.180. The maximum absolute atomic E-state index is 13.9. The van der Waals surface area contributed by atoms with Crippen molar-refractivity contribution in [1.82, 2.24) is 10.3 Å². The van der Waals surface area contributed by atoms with Gasteiger partial charge in [-0.3, -0.25) is 4.98 Å². The molecule has 1 saturated heterocycles. The average Bonchev–Trinajstić information content (AvgIpc) is 2.31. The second kappa shape index (κ2) is 5.21. The Balaban J connectivity index is 1.88. The van der Waals surface area contributed by atoms with Gasteiger partial charge in [0, 0.05) is 31.3 Å². The first-order valence-corrected chi connectivity index (χ1v) is 5.60. The van der Waals surface area contributed by atoms with Crippen molar-refractivity contribution in [3.63, 3.8) is 0 Å². The molecule has 0 aromatic carbocycles. The van der Waals surface area contributed by atoms with Crippen molar-refractivity contribution in [2.45, 2.75) is 25.4 Å². The standard InChI is InChI=1S/C12H17FN2/c13-12(11-4-2-6-15-9-11)7-10-3-1-5-14-8-10/h1,3,5,8,11-12,15H,2,4,6-7,9H2. The summed E-state index contributed by atoms with van der Waals surface area (Å²) >= 11 is 0. The van der Waals surface area contributed by atoms with Gasteiger partial charge in [0.2, 0.25) is 0 Å². The number of alkyl halides is 1. The zero-order valence-electron chi connectivity index (χ0n) is 8.82. The quantitative estimate of drug-likeness (QED) is 0.821. The van der Waals surface area contributed by atoms with E-state index in [0.717, 1.165) is 31.5 Å². The minimum absolute atomic E-state index is 0.180. The topological polar surface area (TPSA) is 24.9 Å². The van der Waals surface area contributed by atoms with Crippen LogP contribution in [-0.4, -0.2) is 24.2 Å². The van der Waals surface area contributed by atoms with Gasteiger partial charge in [0.15, 0.2) is 0 Å². The van der Waals surface area contributed by atoms with Crippen LogP contribution in [0.25, 0.3) is 0 Å². The zero-order chi connectivity index (χ0) is 10.5. The van der Waals surface area contributed by atoms with E-state index in [9.17, 15) is 4.39 Å². The second-order valence-electron chi connectivity index (χ2n) is 4.19. The summed E-state index contributed by atoms with van der Waals surface area (Å²) < 4.78 is 13.9. The lowest BCUT2D eigenvalue weighted by atomic mass is 9.91. The van der Waals surface area contributed by atoms with Crippen molar-refractivity contribution in [3.05, 3.63) is 30.1 Å². The molecule has 0 aliphatic carbocycles. The SMILES string of the molecule is FC(Cc1cccnc1)C1CCCNC1. The molecule has 2 unspecified atom stereocenters. The van der Waals surface area contributed by atoms with E-state index >= 15 is 0 Å². The Morgan fingerprint density at radius 3 is 3.20 bits per heavy atom. The van der Waals surface area contributed by atoms with Crippen LogP contribution in [-0.2, 0) is 6.42 Å². The normalized spacial score (nSPS) is 23.7. The van der Waals surface area contributed by atoms with Crippen LogP contribution in [0.1, 0.15) is 18.4 Å². The summed E-state index contributed by atoms with van der Waals surface area (Å²) in [4.78, 5) is 4.00. The van der Waals surface area contributed by atoms with Crippen LogP contribution >= 0.6 is 0 Å². The van der Waals surface area contributed by atoms with Crippen LogP contribution in [0.4, 0.5) is 4.39 Å². The van der Waals surface area contributed by atoms with Crippen LogP contribution < -0.4 is 5.32 Å². The number of piperidine rings is 1. The molecule has 0 saturated carbocycles. The number of hydrogen-bond donors (Lipinski definition) is 1. The van der Waals surface area contributed by atoms with Crippen LogP contribution in [0, 0.1) is 5.92 Å². The molecular formula is C12H17FN2. The van der Waals surface area contributed by atoms with E-state index in [1.54, 1.807) is 12.4 Å². The van der Waals surface area contributed by atoms with Crippen molar-refractivity contribution in [2.24, 2.45) is 5.92 Å². The molecule has 15 heavy (non-hydrogen) atoms. The summed E-state index contributed by atoms with van der Waals surface area (Å²) in [5.41, 5.74) is 0.996. The predicted molar refractivity (Wildman–Crippen MR) is 58.4 cm³/mol. The minimum Gasteiger partial charge on any atom is -0.316 e. The number of halogens is 1. The first-order chi connectivity index (χ1) is 7.36. The molecule has 1 fully saturated rings. The Labute approximate surface area is 89.9 Å². The van der Waals surface area contributed by atoms with Gasteiger partial charge in [-0.25, -0.2) is 4.39 Å². The van der Waals surface area contributed by atoms with Gasteiger partial charge >= 0.3 is 0 Å². The number of nitrogens with one attached hydrogen (secondary N) is 1. The molecule has 1 aromatic rings. The van der Waals surface area contributed by atoms with Crippen molar-refractivity contribution < 1.29 is 4.39 Å². The maximum atomic E-state index is 13.9. The summed E-state index contributed by atoms with van der Waals surface area (Å²) in [6, 6.07) is 3.80. The molecule has 2 rings (SSSR count). The van der Waals surface area contributed by atoms with Gasteiger partial charge in [0.25, 0.3) is 0 Å². The fourth-order valence-electron chi connectivity index (χ4n) is 2.10. The summed E-state index contributed by atoms with van der Waals surface area (Å²) in [6.07, 6.45) is 5.34. The Hall–Kier alpha value is -0.960. The molecule has 0 radical (unpaired) electrons. The minimum atomic E-state index is -0.734. The highest BCUT2D eigenvalue weighted by Gasteiger charge is 2.23. The Morgan fingerprint density at radius 1 is 1.60 bits per heavy atom. The number of aromatic nitrogens is 1. The molecule has 3 heteroatoms. The molecule has 0 amide bonds. The van der Waals surface area contributed by atoms with Gasteiger partial charge in [0.05, 0.1) is 0 Å². The van der Waals surface area contributed by atoms with Crippen LogP contribution in [0.3, 0.4) is 0 Å². The molecule has 82 valence electrons. The van der Waals surface area contributed by atoms with Crippen LogP contribution in [0.2, 0.25) is 0 Å². The fourth-order valence-corrected chi connectivity index (χ4v) is 2.10. The summed E-state index contributed by atoms with van der Waals surface area (Å²) in [5, 5.41) is 3.25. The largest absolute Gasteiger partial charge is 0.316 e. The van der Waals surface area contributed by atoms with Gasteiger partial charge in [-0.1, -0.05) is 6.07 Å². The van der Waals surface area contributed by atoms with E-state index in [-0.39, 0.29) is 5.92 Å². The fraction of sp³-hybridized carbons (Fsp3) is 0.583. The third-order valence-corrected chi connectivity index (χ3v) is 3.00. The van der Waals surface area contributed by atoms with Crippen LogP contribution in [0.5, 0.6) is 0 Å². The molecule has 2 atom stereocenters. The predicted octanol–water partition coefficient (Wildman–Crippen LogP) is 1.96. The average molecular weight is 208 g/mol. The highest BCUT2D eigenvalue weighted by atomic mass is 19.1. The van der Waals surface area contributed by atoms with Gasteiger partial charge < -0.3 is 5.32 Å². The molecule has 1 aromatic heterocycles. The van der Waals surface area contributed by atoms with Gasteiger partial charge in [-0.05, 0) is 31.0 Å². The summed E-state index contributed by atoms with van der Waals surface area (Å²) in [7, 11) is 0. The number of rotatable bonds is 3. The summed E-state index contributed by atoms with van der Waals surface area (Å²) in [6.45, 7) is 1.86. The van der Waals surface area contributed by atoms with Crippen molar-refractivity contribution >= 4 is 0 Å². The lowest BCUT2D eigenvalue weighted by Gasteiger charge is -2.25. The van der Waals surface area contributed by atoms with E-state index in [4.69, 9.17) is 0 Å². The van der Waals surface area contributed by atoms with E-state index in [0.29, 0.717) is 6.42 Å².